The van der Waals surface area contributed by atoms with Gasteiger partial charge in [0.25, 0.3) is 0 Å². The van der Waals surface area contributed by atoms with Gasteiger partial charge in [-0.05, 0) is 25.1 Å². The molecule has 1 aromatic rings. The Bertz CT molecular complexity index is 324. The molecule has 0 saturated carbocycles. The van der Waals surface area contributed by atoms with Gasteiger partial charge >= 0.3 is 0 Å². The fourth-order valence-electron chi connectivity index (χ4n) is 1.82. The highest BCUT2D eigenvalue weighted by molar-refractivity contribution is 5.93. The number of para-hydroxylation sites is 1. The second-order valence-corrected chi connectivity index (χ2v) is 3.73. The van der Waals surface area contributed by atoms with Crippen molar-refractivity contribution in [3.63, 3.8) is 0 Å². The van der Waals surface area contributed by atoms with Crippen LogP contribution in [-0.2, 0) is 4.79 Å². The second kappa shape index (κ2) is 4.94. The van der Waals surface area contributed by atoms with E-state index in [0.717, 1.165) is 31.7 Å². The first-order valence-electron chi connectivity index (χ1n) is 5.44. The van der Waals surface area contributed by atoms with Gasteiger partial charge < -0.3 is 10.2 Å². The van der Waals surface area contributed by atoms with Crippen LogP contribution >= 0.6 is 0 Å². The number of nitrogens with one attached hydrogen (secondary N) is 1. The fraction of sp³-hybridized carbons (Fsp3) is 0.417. The minimum absolute atomic E-state index is 0.239. The molecular weight excluding hydrogens is 188 g/mol. The van der Waals surface area contributed by atoms with Crippen molar-refractivity contribution in [3.8, 4) is 0 Å². The van der Waals surface area contributed by atoms with E-state index in [1.54, 1.807) is 0 Å². The quantitative estimate of drug-likeness (QED) is 0.750. The molecule has 1 saturated heterocycles. The minimum atomic E-state index is 0.239. The molecule has 1 aliphatic rings. The van der Waals surface area contributed by atoms with E-state index in [1.165, 1.54) is 0 Å². The third-order valence-corrected chi connectivity index (χ3v) is 2.63. The Morgan fingerprint density at radius 1 is 1.13 bits per heavy atom. The molecule has 1 aromatic carbocycles. The van der Waals surface area contributed by atoms with Gasteiger partial charge in [0.2, 0.25) is 5.91 Å². The summed E-state index contributed by atoms with van der Waals surface area (Å²) in [6.45, 7) is 2.60. The van der Waals surface area contributed by atoms with Crippen molar-refractivity contribution >= 4 is 11.6 Å². The Hall–Kier alpha value is -1.35. The van der Waals surface area contributed by atoms with Gasteiger partial charge in [-0.1, -0.05) is 18.2 Å². The number of hydrogen-bond acceptors (Lipinski definition) is 2. The first kappa shape index (κ1) is 10.2. The van der Waals surface area contributed by atoms with E-state index in [2.05, 4.69) is 5.32 Å². The third-order valence-electron chi connectivity index (χ3n) is 2.63. The lowest BCUT2D eigenvalue weighted by Crippen LogP contribution is -2.39. The zero-order valence-electron chi connectivity index (χ0n) is 8.78. The lowest BCUT2D eigenvalue weighted by Gasteiger charge is -2.25. The van der Waals surface area contributed by atoms with Gasteiger partial charge in [-0.15, -0.1) is 0 Å². The topological polar surface area (TPSA) is 32.3 Å². The molecular formula is C12H16N2O. The van der Waals surface area contributed by atoms with Crippen molar-refractivity contribution in [3.05, 3.63) is 30.3 Å². The molecule has 2 rings (SSSR count). The van der Waals surface area contributed by atoms with Crippen LogP contribution in [0, 0.1) is 0 Å². The van der Waals surface area contributed by atoms with Crippen LogP contribution in [0.2, 0.25) is 0 Å². The Balaban J connectivity index is 2.14. The maximum absolute atomic E-state index is 11.9. The highest BCUT2D eigenvalue weighted by atomic mass is 16.2. The molecule has 1 amide bonds. The summed E-state index contributed by atoms with van der Waals surface area (Å²) < 4.78 is 0. The number of rotatable bonds is 1. The fourth-order valence-corrected chi connectivity index (χ4v) is 1.82. The standard InChI is InChI=1S/C12H16N2O/c15-12-7-4-8-13-9-10-14(12)11-5-2-1-3-6-11/h1-3,5-6,13H,4,7-10H2. The highest BCUT2D eigenvalue weighted by Gasteiger charge is 2.16. The molecule has 1 N–H and O–H groups in total. The number of nitrogens with zero attached hydrogens (tertiary/aromatic N) is 1. The predicted molar refractivity (Wildman–Crippen MR) is 60.9 cm³/mol. The van der Waals surface area contributed by atoms with E-state index >= 15 is 0 Å². The van der Waals surface area contributed by atoms with Gasteiger partial charge in [-0.2, -0.15) is 0 Å². The van der Waals surface area contributed by atoms with Crippen LogP contribution in [0.4, 0.5) is 5.69 Å². The summed E-state index contributed by atoms with van der Waals surface area (Å²) in [4.78, 5) is 13.7. The molecule has 0 spiro atoms. The van der Waals surface area contributed by atoms with Gasteiger partial charge in [0.1, 0.15) is 0 Å². The molecule has 3 heteroatoms. The van der Waals surface area contributed by atoms with Crippen molar-refractivity contribution in [1.29, 1.82) is 0 Å². The summed E-state index contributed by atoms with van der Waals surface area (Å²) in [5, 5.41) is 3.31. The van der Waals surface area contributed by atoms with Crippen LogP contribution in [-0.4, -0.2) is 25.5 Å². The zero-order chi connectivity index (χ0) is 10.5. The molecule has 80 valence electrons. The third kappa shape index (κ3) is 2.57. The van der Waals surface area contributed by atoms with E-state index in [1.807, 2.05) is 35.2 Å². The smallest absolute Gasteiger partial charge is 0.227 e. The monoisotopic (exact) mass is 204 g/mol. The molecule has 15 heavy (non-hydrogen) atoms. The number of hydrogen-bond donors (Lipinski definition) is 1. The number of benzene rings is 1. The molecule has 0 atom stereocenters. The molecule has 0 aromatic heterocycles. The van der Waals surface area contributed by atoms with E-state index in [0.29, 0.717) is 6.42 Å². The van der Waals surface area contributed by atoms with Gasteiger partial charge in [-0.3, -0.25) is 4.79 Å². The molecule has 1 heterocycles. The normalized spacial score (nSPS) is 18.4. The van der Waals surface area contributed by atoms with Gasteiger partial charge in [0, 0.05) is 25.2 Å². The summed E-state index contributed by atoms with van der Waals surface area (Å²) in [5.74, 6) is 0.239. The SMILES string of the molecule is O=C1CCCNCCN1c1ccccc1. The molecule has 0 unspecified atom stereocenters. The van der Waals surface area contributed by atoms with Crippen LogP contribution in [0.3, 0.4) is 0 Å². The summed E-state index contributed by atoms with van der Waals surface area (Å²) in [6.07, 6.45) is 1.57. The van der Waals surface area contributed by atoms with Gasteiger partial charge in [-0.25, -0.2) is 0 Å². The average molecular weight is 204 g/mol. The lowest BCUT2D eigenvalue weighted by molar-refractivity contribution is -0.118. The van der Waals surface area contributed by atoms with Crippen molar-refractivity contribution in [2.45, 2.75) is 12.8 Å². The van der Waals surface area contributed by atoms with Crippen molar-refractivity contribution in [2.24, 2.45) is 0 Å². The van der Waals surface area contributed by atoms with Gasteiger partial charge in [0.05, 0.1) is 0 Å². The number of carbonyl (C=O) groups excluding carboxylic acids is 1. The van der Waals surface area contributed by atoms with Crippen LogP contribution in [0.15, 0.2) is 30.3 Å². The van der Waals surface area contributed by atoms with Crippen molar-refractivity contribution in [1.82, 2.24) is 5.32 Å². The van der Waals surface area contributed by atoms with E-state index in [9.17, 15) is 4.79 Å². The number of carbonyl (C=O) groups is 1. The Morgan fingerprint density at radius 3 is 2.73 bits per heavy atom. The summed E-state index contributed by atoms with van der Waals surface area (Å²) >= 11 is 0. The van der Waals surface area contributed by atoms with Crippen molar-refractivity contribution in [2.75, 3.05) is 24.5 Å². The number of amides is 1. The minimum Gasteiger partial charge on any atom is -0.315 e. The van der Waals surface area contributed by atoms with Crippen molar-refractivity contribution < 1.29 is 4.79 Å². The van der Waals surface area contributed by atoms with Gasteiger partial charge in [0.15, 0.2) is 0 Å². The van der Waals surface area contributed by atoms with E-state index in [-0.39, 0.29) is 5.91 Å². The maximum atomic E-state index is 11.9. The summed E-state index contributed by atoms with van der Waals surface area (Å²) in [7, 11) is 0. The molecule has 1 fully saturated rings. The average Bonchev–Trinajstić information content (AvgIpc) is 2.25. The lowest BCUT2D eigenvalue weighted by atomic mass is 10.2. The second-order valence-electron chi connectivity index (χ2n) is 3.73. The largest absolute Gasteiger partial charge is 0.315 e. The molecule has 0 radical (unpaired) electrons. The summed E-state index contributed by atoms with van der Waals surface area (Å²) in [6, 6.07) is 9.87. The Kier molecular flexibility index (Phi) is 3.35. The van der Waals surface area contributed by atoms with Crippen LogP contribution < -0.4 is 10.2 Å². The predicted octanol–water partition coefficient (Wildman–Crippen LogP) is 1.40. The first-order chi connectivity index (χ1) is 7.38. The van der Waals surface area contributed by atoms with E-state index < -0.39 is 0 Å². The highest BCUT2D eigenvalue weighted by Crippen LogP contribution is 2.15. The molecule has 1 aliphatic heterocycles. The first-order valence-corrected chi connectivity index (χ1v) is 5.44. The Labute approximate surface area is 90.1 Å². The van der Waals surface area contributed by atoms with Crippen LogP contribution in [0.5, 0.6) is 0 Å². The Morgan fingerprint density at radius 2 is 1.93 bits per heavy atom. The number of anilines is 1. The zero-order valence-corrected chi connectivity index (χ0v) is 8.78. The summed E-state index contributed by atoms with van der Waals surface area (Å²) in [5.41, 5.74) is 1.01. The van der Waals surface area contributed by atoms with E-state index in [4.69, 9.17) is 0 Å². The maximum Gasteiger partial charge on any atom is 0.227 e. The molecule has 0 aliphatic carbocycles. The molecule has 0 bridgehead atoms. The van der Waals surface area contributed by atoms with Crippen LogP contribution in [0.1, 0.15) is 12.8 Å². The molecule has 3 nitrogen and oxygen atoms in total. The van der Waals surface area contributed by atoms with Crippen LogP contribution in [0.25, 0.3) is 0 Å².